The zero-order valence-electron chi connectivity index (χ0n) is 16.4. The van der Waals surface area contributed by atoms with E-state index in [2.05, 4.69) is 40.4 Å². The molecule has 6 heteroatoms. The van der Waals surface area contributed by atoms with Crippen molar-refractivity contribution >= 4 is 0 Å². The molecule has 148 valence electrons. The average Bonchev–Trinajstić information content (AvgIpc) is 2.63. The molecule has 1 saturated heterocycles. The third-order valence-corrected chi connectivity index (χ3v) is 5.66. The van der Waals surface area contributed by atoms with Crippen LogP contribution in [0.25, 0.3) is 0 Å². The lowest BCUT2D eigenvalue weighted by Crippen LogP contribution is -2.54. The summed E-state index contributed by atoms with van der Waals surface area (Å²) in [5.74, 6) is 0. The van der Waals surface area contributed by atoms with Crippen molar-refractivity contribution in [3.05, 3.63) is 0 Å². The van der Waals surface area contributed by atoms with E-state index in [1.54, 1.807) is 0 Å². The first-order valence-electron chi connectivity index (χ1n) is 10.6. The standard InChI is InChI=1S/C19H42N6/c1-15-12-23-16(2)13-24-17(6-5-9-20)14-25-19-8-4-3-7-18(19)22-11-10-21-15/h15-19,21-25H,3-14,20H2,1-2H3/t15-,16+,17-,18+,19+/m0/s1. The largest absolute Gasteiger partial charge is 0.330 e. The minimum Gasteiger partial charge on any atom is -0.330 e. The Kier molecular flexibility index (Phi) is 10.3. The van der Waals surface area contributed by atoms with E-state index >= 15 is 0 Å². The predicted molar refractivity (Wildman–Crippen MR) is 107 cm³/mol. The van der Waals surface area contributed by atoms with Crippen LogP contribution < -0.4 is 32.3 Å². The highest BCUT2D eigenvalue weighted by Crippen LogP contribution is 2.18. The van der Waals surface area contributed by atoms with E-state index in [-0.39, 0.29) is 0 Å². The molecule has 25 heavy (non-hydrogen) atoms. The Hall–Kier alpha value is -0.240. The fourth-order valence-corrected chi connectivity index (χ4v) is 4.00. The van der Waals surface area contributed by atoms with Gasteiger partial charge in [0.15, 0.2) is 0 Å². The van der Waals surface area contributed by atoms with Crippen LogP contribution >= 0.6 is 0 Å². The van der Waals surface area contributed by atoms with Gasteiger partial charge in [0.2, 0.25) is 0 Å². The number of rotatable bonds is 3. The highest BCUT2D eigenvalue weighted by Gasteiger charge is 2.25. The van der Waals surface area contributed by atoms with E-state index in [0.29, 0.717) is 30.2 Å². The first-order chi connectivity index (χ1) is 12.2. The Morgan fingerprint density at radius 1 is 0.760 bits per heavy atom. The van der Waals surface area contributed by atoms with E-state index < -0.39 is 0 Å². The van der Waals surface area contributed by atoms with Crippen molar-refractivity contribution in [1.29, 1.82) is 0 Å². The van der Waals surface area contributed by atoms with Gasteiger partial charge in [0.1, 0.15) is 0 Å². The van der Waals surface area contributed by atoms with Crippen LogP contribution in [-0.4, -0.2) is 69.5 Å². The second kappa shape index (κ2) is 12.2. The van der Waals surface area contributed by atoms with Crippen LogP contribution in [0.15, 0.2) is 0 Å². The van der Waals surface area contributed by atoms with Crippen molar-refractivity contribution in [2.75, 3.05) is 39.3 Å². The van der Waals surface area contributed by atoms with E-state index in [1.807, 2.05) is 0 Å². The fourth-order valence-electron chi connectivity index (χ4n) is 4.00. The Morgan fingerprint density at radius 2 is 1.40 bits per heavy atom. The van der Waals surface area contributed by atoms with Gasteiger partial charge >= 0.3 is 0 Å². The maximum absolute atomic E-state index is 5.74. The molecule has 2 fully saturated rings. The summed E-state index contributed by atoms with van der Waals surface area (Å²) in [7, 11) is 0. The Bertz CT molecular complexity index is 340. The lowest BCUT2D eigenvalue weighted by molar-refractivity contribution is 0.272. The van der Waals surface area contributed by atoms with Crippen LogP contribution in [0.3, 0.4) is 0 Å². The number of nitrogens with two attached hydrogens (primary N) is 1. The summed E-state index contributed by atoms with van der Waals surface area (Å²) in [4.78, 5) is 0. The van der Waals surface area contributed by atoms with Gasteiger partial charge in [-0.25, -0.2) is 0 Å². The molecule has 0 aromatic rings. The molecule has 6 nitrogen and oxygen atoms in total. The predicted octanol–water partition coefficient (Wildman–Crippen LogP) is 0.144. The molecule has 0 unspecified atom stereocenters. The Labute approximate surface area is 154 Å². The van der Waals surface area contributed by atoms with Gasteiger partial charge in [0, 0.05) is 62.9 Å². The minimum atomic E-state index is 0.482. The molecular formula is C19H42N6. The summed E-state index contributed by atoms with van der Waals surface area (Å²) in [5.41, 5.74) is 5.74. The summed E-state index contributed by atoms with van der Waals surface area (Å²) in [5, 5.41) is 18.7. The summed E-state index contributed by atoms with van der Waals surface area (Å²) in [6.07, 6.45) is 7.55. The Morgan fingerprint density at radius 3 is 2.16 bits per heavy atom. The van der Waals surface area contributed by atoms with Crippen LogP contribution in [0.5, 0.6) is 0 Å². The molecule has 0 spiro atoms. The summed E-state index contributed by atoms with van der Waals surface area (Å²) < 4.78 is 0. The van der Waals surface area contributed by atoms with Crippen molar-refractivity contribution in [2.24, 2.45) is 5.73 Å². The first-order valence-corrected chi connectivity index (χ1v) is 10.6. The van der Waals surface area contributed by atoms with Gasteiger partial charge in [0.05, 0.1) is 0 Å². The zero-order valence-corrected chi connectivity index (χ0v) is 16.4. The molecule has 1 aliphatic heterocycles. The van der Waals surface area contributed by atoms with E-state index in [1.165, 1.54) is 25.7 Å². The molecule has 7 N–H and O–H groups in total. The van der Waals surface area contributed by atoms with Crippen molar-refractivity contribution in [1.82, 2.24) is 26.6 Å². The molecule has 2 aliphatic rings. The van der Waals surface area contributed by atoms with Gasteiger partial charge < -0.3 is 32.3 Å². The van der Waals surface area contributed by atoms with Gasteiger partial charge in [0.25, 0.3) is 0 Å². The van der Waals surface area contributed by atoms with Gasteiger partial charge in [-0.2, -0.15) is 0 Å². The molecule has 1 heterocycles. The molecule has 0 aromatic carbocycles. The van der Waals surface area contributed by atoms with Gasteiger partial charge in [-0.1, -0.05) is 12.8 Å². The maximum atomic E-state index is 5.74. The van der Waals surface area contributed by atoms with Crippen molar-refractivity contribution < 1.29 is 0 Å². The second-order valence-electron chi connectivity index (χ2n) is 8.06. The lowest BCUT2D eigenvalue weighted by Gasteiger charge is -2.34. The first kappa shape index (κ1) is 21.1. The summed E-state index contributed by atoms with van der Waals surface area (Å²) >= 11 is 0. The SMILES string of the molecule is C[C@@H]1CN[C@@H](CCCN)CN[C@@H]2CCCC[C@H]2NCCN[C@@H](C)CN1. The van der Waals surface area contributed by atoms with Crippen molar-refractivity contribution in [2.45, 2.75) is 82.6 Å². The topological polar surface area (TPSA) is 86.2 Å². The van der Waals surface area contributed by atoms with E-state index in [4.69, 9.17) is 5.73 Å². The quantitative estimate of drug-likeness (QED) is 0.433. The molecule has 0 bridgehead atoms. The normalized spacial score (nSPS) is 36.8. The molecular weight excluding hydrogens is 312 g/mol. The van der Waals surface area contributed by atoms with Gasteiger partial charge in [-0.05, 0) is 46.1 Å². The van der Waals surface area contributed by atoms with E-state index in [0.717, 1.165) is 52.1 Å². The molecule has 0 radical (unpaired) electrons. The highest BCUT2D eigenvalue weighted by atomic mass is 15.1. The van der Waals surface area contributed by atoms with E-state index in [9.17, 15) is 0 Å². The molecule has 5 atom stereocenters. The van der Waals surface area contributed by atoms with Crippen LogP contribution in [0.4, 0.5) is 0 Å². The highest BCUT2D eigenvalue weighted by molar-refractivity contribution is 4.88. The summed E-state index contributed by atoms with van der Waals surface area (Å²) in [6, 6.07) is 2.71. The number of hydrogen-bond acceptors (Lipinski definition) is 6. The second-order valence-corrected chi connectivity index (χ2v) is 8.06. The Balaban J connectivity index is 1.93. The van der Waals surface area contributed by atoms with Crippen LogP contribution in [0.2, 0.25) is 0 Å². The lowest BCUT2D eigenvalue weighted by atomic mass is 9.90. The van der Waals surface area contributed by atoms with Crippen LogP contribution in [-0.2, 0) is 0 Å². The van der Waals surface area contributed by atoms with Gasteiger partial charge in [-0.15, -0.1) is 0 Å². The maximum Gasteiger partial charge on any atom is 0.0221 e. The van der Waals surface area contributed by atoms with Crippen molar-refractivity contribution in [3.63, 3.8) is 0 Å². The monoisotopic (exact) mass is 354 g/mol. The number of fused-ring (bicyclic) bond motifs is 1. The van der Waals surface area contributed by atoms with Gasteiger partial charge in [-0.3, -0.25) is 0 Å². The summed E-state index contributed by atoms with van der Waals surface area (Å²) in [6.45, 7) is 10.5. The number of nitrogens with one attached hydrogen (secondary N) is 5. The molecule has 0 aromatic heterocycles. The molecule has 0 amide bonds. The smallest absolute Gasteiger partial charge is 0.0221 e. The van der Waals surface area contributed by atoms with Crippen molar-refractivity contribution in [3.8, 4) is 0 Å². The fraction of sp³-hybridized carbons (Fsp3) is 1.00. The third kappa shape index (κ3) is 8.33. The number of hydrogen-bond donors (Lipinski definition) is 6. The average molecular weight is 355 g/mol. The molecule has 2 rings (SSSR count). The van der Waals surface area contributed by atoms with Crippen LogP contribution in [0.1, 0.15) is 52.4 Å². The molecule has 1 aliphatic carbocycles. The third-order valence-electron chi connectivity index (χ3n) is 5.66. The molecule has 1 saturated carbocycles. The minimum absolute atomic E-state index is 0.482. The van der Waals surface area contributed by atoms with Crippen LogP contribution in [0, 0.1) is 0 Å². The zero-order chi connectivity index (χ0) is 17.9.